The number of aliphatic hydroxyl groups excluding tert-OH is 1. The van der Waals surface area contributed by atoms with Crippen molar-refractivity contribution in [3.63, 3.8) is 0 Å². The van der Waals surface area contributed by atoms with Crippen LogP contribution in [0.5, 0.6) is 0 Å². The first-order chi connectivity index (χ1) is 27.3. The van der Waals surface area contributed by atoms with Crippen LogP contribution in [0.2, 0.25) is 0 Å². The van der Waals surface area contributed by atoms with Crippen LogP contribution in [0.25, 0.3) is 21.9 Å². The van der Waals surface area contributed by atoms with Gasteiger partial charge in [-0.2, -0.15) is 0 Å². The van der Waals surface area contributed by atoms with Crippen LogP contribution in [0.4, 0.5) is 4.79 Å². The van der Waals surface area contributed by atoms with Crippen LogP contribution in [-0.2, 0) is 22.6 Å². The number of nitrogens with zero attached hydrogens (tertiary/aromatic N) is 1. The molecule has 0 unspecified atom stereocenters. The van der Waals surface area contributed by atoms with Crippen molar-refractivity contribution in [1.82, 2.24) is 15.5 Å². The molecule has 4 atom stereocenters. The Morgan fingerprint density at radius 2 is 1.45 bits per heavy atom. The molecule has 7 nitrogen and oxygen atoms in total. The number of carbonyl (C=O) groups is 1. The van der Waals surface area contributed by atoms with Gasteiger partial charge in [-0.1, -0.05) is 97.1 Å². The van der Waals surface area contributed by atoms with Crippen molar-refractivity contribution in [2.75, 3.05) is 13.6 Å². The Bertz CT molecular complexity index is 2130. The number of aliphatic hydroxyl groups is 1. The summed E-state index contributed by atoms with van der Waals surface area (Å²) in [5.74, 6) is 2.37. The van der Waals surface area contributed by atoms with Gasteiger partial charge in [0.1, 0.15) is 0 Å². The van der Waals surface area contributed by atoms with Gasteiger partial charge in [-0.05, 0) is 133 Å². The zero-order valence-electron chi connectivity index (χ0n) is 32.7. The van der Waals surface area contributed by atoms with Gasteiger partial charge in [-0.15, -0.1) is 0 Å². The van der Waals surface area contributed by atoms with E-state index in [1.807, 2.05) is 12.1 Å². The van der Waals surface area contributed by atoms with Crippen molar-refractivity contribution in [2.24, 2.45) is 17.8 Å². The average Bonchev–Trinajstić information content (AvgIpc) is 3.22. The highest BCUT2D eigenvalue weighted by atomic mass is 16.7. The lowest BCUT2D eigenvalue weighted by molar-refractivity contribution is -0.253. The van der Waals surface area contributed by atoms with Gasteiger partial charge in [-0.3, -0.25) is 4.90 Å². The highest BCUT2D eigenvalue weighted by Crippen LogP contribution is 2.55. The quantitative estimate of drug-likeness (QED) is 0.125. The summed E-state index contributed by atoms with van der Waals surface area (Å²) in [7, 11) is 2.17. The predicted octanol–water partition coefficient (Wildman–Crippen LogP) is 10.0. The molecule has 56 heavy (non-hydrogen) atoms. The van der Waals surface area contributed by atoms with E-state index in [0.29, 0.717) is 6.54 Å². The normalized spacial score (nSPS) is 27.4. The van der Waals surface area contributed by atoms with E-state index in [1.54, 1.807) is 0 Å². The Kier molecular flexibility index (Phi) is 10.4. The molecule has 4 saturated carbocycles. The van der Waals surface area contributed by atoms with Crippen LogP contribution < -0.4 is 10.6 Å². The molecule has 3 N–H and O–H groups in total. The minimum atomic E-state index is -0.557. The molecule has 4 aliphatic carbocycles. The van der Waals surface area contributed by atoms with Gasteiger partial charge < -0.3 is 25.2 Å². The van der Waals surface area contributed by atoms with Gasteiger partial charge in [0.2, 0.25) is 0 Å². The monoisotopic (exact) mass is 749 g/mol. The minimum absolute atomic E-state index is 0.00380. The number of hydrogen-bond acceptors (Lipinski definition) is 5. The van der Waals surface area contributed by atoms with Gasteiger partial charge >= 0.3 is 6.03 Å². The number of likely N-dealkylation sites (N-methyl/N-ethyl adjacent to an activating group) is 1. The number of nitrogens with one attached hydrogen (secondary N) is 2. The highest BCUT2D eigenvalue weighted by molar-refractivity contribution is 5.83. The lowest BCUT2D eigenvalue weighted by Gasteiger charge is -2.56. The number of hydrogen-bond donors (Lipinski definition) is 3. The number of urea groups is 1. The third kappa shape index (κ3) is 8.01. The summed E-state index contributed by atoms with van der Waals surface area (Å²) >= 11 is 0. The van der Waals surface area contributed by atoms with Crippen LogP contribution >= 0.6 is 0 Å². The molecule has 10 rings (SSSR count). The largest absolute Gasteiger partial charge is 0.392 e. The van der Waals surface area contributed by atoms with Gasteiger partial charge in [-0.25, -0.2) is 4.79 Å². The maximum atomic E-state index is 13.2. The molecule has 1 aliphatic heterocycles. The van der Waals surface area contributed by atoms with E-state index < -0.39 is 6.29 Å². The Balaban J connectivity index is 0.896. The van der Waals surface area contributed by atoms with Crippen LogP contribution in [0.3, 0.4) is 0 Å². The molecule has 0 radical (unpaired) electrons. The fourth-order valence-corrected chi connectivity index (χ4v) is 10.7. The van der Waals surface area contributed by atoms with Gasteiger partial charge in [0, 0.05) is 36.7 Å². The molecule has 7 heteroatoms. The molecule has 0 spiro atoms. The van der Waals surface area contributed by atoms with E-state index >= 15 is 0 Å². The molecular formula is C49H55N3O4. The summed E-state index contributed by atoms with van der Waals surface area (Å²) in [5.41, 5.74) is 7.42. The van der Waals surface area contributed by atoms with Crippen molar-refractivity contribution >= 4 is 16.8 Å². The summed E-state index contributed by atoms with van der Waals surface area (Å²) in [6.07, 6.45) is 7.43. The molecule has 1 saturated heterocycles. The molecule has 5 aliphatic rings. The third-order valence-electron chi connectivity index (χ3n) is 13.3. The molecule has 0 aromatic heterocycles. The Morgan fingerprint density at radius 3 is 2.18 bits per heavy atom. The van der Waals surface area contributed by atoms with Gasteiger partial charge in [0.15, 0.2) is 6.29 Å². The Hall–Kier alpha value is -4.53. The second-order valence-electron chi connectivity index (χ2n) is 17.4. The van der Waals surface area contributed by atoms with Crippen LogP contribution in [0.1, 0.15) is 98.1 Å². The fourth-order valence-electron chi connectivity index (χ4n) is 10.7. The number of ether oxygens (including phenoxy) is 2. The highest BCUT2D eigenvalue weighted by Gasteiger charge is 2.51. The fraction of sp³-hybridized carbons (Fsp3) is 0.408. The standard InChI is InChI=1S/C49H55N3O4/c1-32(40-18-17-38-8-3-4-9-42(38)23-40)52(2)30-45-25-46(39-15-13-33(31-53)14-16-39)56-47(55-45)44-12-6-11-43(24-44)41-10-5-7-34(22-41)29-50-48(54)51-49-26-35-19-36(27-49)21-37(20-35)28-49/h3-18,22-24,32,35-37,45-47,53H,19-21,25-31H2,1-2H3,(H2,50,51,54)/t32-,35?,36?,37?,45-,46+,47+,49?/m1/s1. The van der Waals surface area contributed by atoms with Gasteiger partial charge in [0.25, 0.3) is 0 Å². The average molecular weight is 750 g/mol. The van der Waals surface area contributed by atoms with Crippen LogP contribution in [0.15, 0.2) is 115 Å². The Morgan fingerprint density at radius 1 is 0.750 bits per heavy atom. The smallest absolute Gasteiger partial charge is 0.315 e. The predicted molar refractivity (Wildman–Crippen MR) is 222 cm³/mol. The molecule has 4 bridgehead atoms. The second-order valence-corrected chi connectivity index (χ2v) is 17.4. The van der Waals surface area contributed by atoms with Crippen molar-refractivity contribution in [3.8, 4) is 11.1 Å². The summed E-state index contributed by atoms with van der Waals surface area (Å²) in [6.45, 7) is 3.49. The maximum Gasteiger partial charge on any atom is 0.315 e. The summed E-state index contributed by atoms with van der Waals surface area (Å²) in [6, 6.07) is 40.4. The van der Waals surface area contributed by atoms with E-state index in [9.17, 15) is 9.90 Å². The van der Waals surface area contributed by atoms with E-state index in [0.717, 1.165) is 83.4 Å². The first-order valence-electron chi connectivity index (χ1n) is 20.7. The summed E-state index contributed by atoms with van der Waals surface area (Å²) < 4.78 is 13.6. The third-order valence-corrected chi connectivity index (χ3v) is 13.3. The van der Waals surface area contributed by atoms with Crippen LogP contribution in [0, 0.1) is 17.8 Å². The van der Waals surface area contributed by atoms with Crippen molar-refractivity contribution < 1.29 is 19.4 Å². The molecule has 1 heterocycles. The lowest BCUT2D eigenvalue weighted by atomic mass is 9.53. The first-order valence-corrected chi connectivity index (χ1v) is 20.7. The Labute approximate surface area is 331 Å². The summed E-state index contributed by atoms with van der Waals surface area (Å²) in [5, 5.41) is 18.8. The number of rotatable bonds is 11. The molecule has 2 amide bonds. The molecule has 5 aromatic rings. The minimum Gasteiger partial charge on any atom is -0.392 e. The lowest BCUT2D eigenvalue weighted by Crippen LogP contribution is -2.61. The van der Waals surface area contributed by atoms with E-state index in [1.165, 1.54) is 35.6 Å². The number of benzene rings is 5. The topological polar surface area (TPSA) is 83.1 Å². The van der Waals surface area contributed by atoms with Crippen LogP contribution in [-0.4, -0.2) is 41.3 Å². The number of fused-ring (bicyclic) bond motifs is 1. The zero-order valence-corrected chi connectivity index (χ0v) is 32.7. The first kappa shape index (κ1) is 37.1. The van der Waals surface area contributed by atoms with E-state index in [-0.39, 0.29) is 36.4 Å². The van der Waals surface area contributed by atoms with Crippen molar-refractivity contribution in [2.45, 2.75) is 95.1 Å². The number of carbonyl (C=O) groups excluding carboxylic acids is 1. The van der Waals surface area contributed by atoms with Crippen molar-refractivity contribution in [1.29, 1.82) is 0 Å². The molecule has 5 aromatic carbocycles. The zero-order chi connectivity index (χ0) is 38.2. The van der Waals surface area contributed by atoms with E-state index in [4.69, 9.17) is 9.47 Å². The van der Waals surface area contributed by atoms with Crippen molar-refractivity contribution in [3.05, 3.63) is 143 Å². The molecule has 290 valence electrons. The van der Waals surface area contributed by atoms with E-state index in [2.05, 4.69) is 133 Å². The second kappa shape index (κ2) is 15.8. The van der Waals surface area contributed by atoms with Gasteiger partial charge in [0.05, 0.1) is 18.8 Å². The maximum absolute atomic E-state index is 13.2. The molecule has 5 fully saturated rings. The number of amides is 2. The molecular weight excluding hydrogens is 695 g/mol. The SMILES string of the molecule is C[C@H](c1ccc2ccccc2c1)N(C)C[C@H]1C[C@@H](c2ccc(CO)cc2)O[C@@H](c2cccc(-c3cccc(CNC(=O)NC45CC6CC(CC(C6)C4)C5)c3)c2)O1. The summed E-state index contributed by atoms with van der Waals surface area (Å²) in [4.78, 5) is 15.6.